The summed E-state index contributed by atoms with van der Waals surface area (Å²) in [6.45, 7) is 0. The first kappa shape index (κ1) is 34.9. The van der Waals surface area contributed by atoms with E-state index in [1.807, 2.05) is 30.3 Å². The van der Waals surface area contributed by atoms with Crippen molar-refractivity contribution in [3.63, 3.8) is 0 Å². The molecule has 4 heteroatoms. The first-order valence-electron chi connectivity index (χ1n) is 19.7. The Balaban J connectivity index is 0.898. The Bertz CT molecular complexity index is 3040. The third-order valence-corrected chi connectivity index (χ3v) is 11.3. The van der Waals surface area contributed by atoms with Gasteiger partial charge in [-0.05, 0) is 91.0 Å². The normalized spacial score (nSPS) is 12.1. The second-order valence-corrected chi connectivity index (χ2v) is 14.9. The molecule has 58 heavy (non-hydrogen) atoms. The molecule has 0 aliphatic heterocycles. The van der Waals surface area contributed by atoms with Gasteiger partial charge in [0.2, 0.25) is 0 Å². The van der Waals surface area contributed by atoms with Gasteiger partial charge in [-0.1, -0.05) is 176 Å². The third-order valence-electron chi connectivity index (χ3n) is 11.3. The molecule has 1 aliphatic carbocycles. The van der Waals surface area contributed by atoms with Gasteiger partial charge in [0.15, 0.2) is 0 Å². The number of allylic oxidation sites excluding steroid dienone is 1. The highest BCUT2D eigenvalue weighted by atomic mass is 14.8. The second kappa shape index (κ2) is 14.8. The first-order valence-corrected chi connectivity index (χ1v) is 19.7. The highest BCUT2D eigenvalue weighted by Crippen LogP contribution is 2.49. The number of nitrogens with zero attached hydrogens (tertiary/aromatic N) is 2. The van der Waals surface area contributed by atoms with E-state index in [1.54, 1.807) is 0 Å². The Labute approximate surface area is 338 Å². The van der Waals surface area contributed by atoms with E-state index in [4.69, 9.17) is 21.4 Å². The van der Waals surface area contributed by atoms with Crippen LogP contribution >= 0.6 is 0 Å². The molecule has 1 aromatic heterocycles. The van der Waals surface area contributed by atoms with Gasteiger partial charge in [0.05, 0.1) is 34.0 Å². The van der Waals surface area contributed by atoms with Crippen molar-refractivity contribution < 1.29 is 0 Å². The van der Waals surface area contributed by atoms with Crippen LogP contribution in [0.4, 0.5) is 17.1 Å². The molecule has 0 atom stereocenters. The van der Waals surface area contributed by atoms with Crippen molar-refractivity contribution in [2.45, 2.75) is 12.8 Å². The summed E-state index contributed by atoms with van der Waals surface area (Å²) in [7, 11) is 0. The molecule has 0 saturated heterocycles. The average molecular weight is 745 g/mol. The summed E-state index contributed by atoms with van der Waals surface area (Å²) in [5.74, 6) is 0. The lowest BCUT2D eigenvalue weighted by Gasteiger charge is -2.11. The maximum absolute atomic E-state index is 6.84. The van der Waals surface area contributed by atoms with Crippen molar-refractivity contribution in [1.29, 1.82) is 0 Å². The van der Waals surface area contributed by atoms with Crippen LogP contribution < -0.4 is 11.5 Å². The maximum Gasteiger partial charge on any atom is 0.0944 e. The molecule has 1 aliphatic rings. The third kappa shape index (κ3) is 6.51. The van der Waals surface area contributed by atoms with E-state index in [2.05, 4.69) is 164 Å². The smallest absolute Gasteiger partial charge is 0.0944 e. The van der Waals surface area contributed by atoms with Crippen LogP contribution in [0.2, 0.25) is 0 Å². The van der Waals surface area contributed by atoms with E-state index in [0.717, 1.165) is 51.1 Å². The van der Waals surface area contributed by atoms with Gasteiger partial charge < -0.3 is 11.5 Å². The molecule has 4 nitrogen and oxygen atoms in total. The van der Waals surface area contributed by atoms with Gasteiger partial charge in [0.1, 0.15) is 0 Å². The fraction of sp³-hybridized carbons (Fsp3) is 0.0370. The SMILES string of the molecule is Nc1ccccc1N=C(Cc1ccccc1)c1ccc(-c2ccc3ccc(/C=C\Cc4cccc(-c5ccc6c7c(cccc57)-c5ccccc5-6)c4)c(N)c3n2)cc1. The van der Waals surface area contributed by atoms with E-state index < -0.39 is 0 Å². The molecule has 1 heterocycles. The van der Waals surface area contributed by atoms with Gasteiger partial charge in [0, 0.05) is 17.4 Å². The molecule has 0 unspecified atom stereocenters. The average Bonchev–Trinajstić information content (AvgIpc) is 3.60. The molecule has 9 aromatic rings. The molecule has 0 bridgehead atoms. The predicted molar refractivity (Wildman–Crippen MR) is 245 cm³/mol. The lowest BCUT2D eigenvalue weighted by Crippen LogP contribution is -2.05. The largest absolute Gasteiger partial charge is 0.397 e. The Morgan fingerprint density at radius 2 is 1.24 bits per heavy atom. The zero-order valence-electron chi connectivity index (χ0n) is 31.9. The molecule has 0 spiro atoms. The maximum atomic E-state index is 6.84. The summed E-state index contributed by atoms with van der Waals surface area (Å²) in [4.78, 5) is 10.1. The summed E-state index contributed by atoms with van der Waals surface area (Å²) >= 11 is 0. The highest BCUT2D eigenvalue weighted by Gasteiger charge is 2.22. The van der Waals surface area contributed by atoms with Crippen LogP contribution in [0.3, 0.4) is 0 Å². The zero-order valence-corrected chi connectivity index (χ0v) is 31.9. The van der Waals surface area contributed by atoms with Crippen LogP contribution in [-0.4, -0.2) is 10.7 Å². The van der Waals surface area contributed by atoms with Crippen molar-refractivity contribution in [1.82, 2.24) is 4.98 Å². The van der Waals surface area contributed by atoms with Crippen LogP contribution in [0, 0.1) is 0 Å². The lowest BCUT2D eigenvalue weighted by atomic mass is 9.93. The van der Waals surface area contributed by atoms with Gasteiger partial charge in [0.25, 0.3) is 0 Å². The minimum absolute atomic E-state index is 0.655. The molecule has 276 valence electrons. The van der Waals surface area contributed by atoms with Crippen molar-refractivity contribution >= 4 is 50.5 Å². The number of hydrogen-bond donors (Lipinski definition) is 2. The highest BCUT2D eigenvalue weighted by molar-refractivity contribution is 6.18. The Morgan fingerprint density at radius 1 is 0.552 bits per heavy atom. The Kier molecular flexibility index (Phi) is 8.92. The van der Waals surface area contributed by atoms with Gasteiger partial charge in [-0.3, -0.25) is 4.99 Å². The standard InChI is InChI=1S/C54H40N4/c55-48-21-6-7-22-50(48)57-51(34-36-11-2-1-3-12-36)38-25-23-37(24-26-38)49-32-29-40-28-27-39(53(56)54(40)58-49)15-8-13-35-14-9-16-41(33-35)42-30-31-47-44-18-5-4-17-43(44)46-20-10-19-45(42)52(46)47/h1-12,14-33H,13,34,55-56H2/b15-8-,57-51?. The fourth-order valence-corrected chi connectivity index (χ4v) is 8.34. The molecule has 4 N–H and O–H groups in total. The Hall–Kier alpha value is -7.56. The minimum atomic E-state index is 0.655. The quantitative estimate of drug-likeness (QED) is 0.114. The summed E-state index contributed by atoms with van der Waals surface area (Å²) < 4.78 is 0. The van der Waals surface area contributed by atoms with Crippen molar-refractivity contribution in [2.75, 3.05) is 11.5 Å². The van der Waals surface area contributed by atoms with E-state index in [0.29, 0.717) is 17.8 Å². The molecular weight excluding hydrogens is 705 g/mol. The number of fused-ring (bicyclic) bond motifs is 4. The zero-order chi connectivity index (χ0) is 39.0. The topological polar surface area (TPSA) is 77.3 Å². The molecular formula is C54H40N4. The molecule has 10 rings (SSSR count). The van der Waals surface area contributed by atoms with E-state index in [9.17, 15) is 0 Å². The summed E-state index contributed by atoms with van der Waals surface area (Å²) in [6, 6.07) is 63.8. The van der Waals surface area contributed by atoms with Crippen LogP contribution in [0.15, 0.2) is 193 Å². The predicted octanol–water partition coefficient (Wildman–Crippen LogP) is 13.2. The monoisotopic (exact) mass is 744 g/mol. The minimum Gasteiger partial charge on any atom is -0.397 e. The van der Waals surface area contributed by atoms with Gasteiger partial charge in [-0.25, -0.2) is 4.98 Å². The van der Waals surface area contributed by atoms with E-state index >= 15 is 0 Å². The van der Waals surface area contributed by atoms with Crippen LogP contribution in [0.25, 0.3) is 72.4 Å². The number of anilines is 2. The van der Waals surface area contributed by atoms with Gasteiger partial charge in [-0.2, -0.15) is 0 Å². The van der Waals surface area contributed by atoms with Crippen LogP contribution in [0.1, 0.15) is 22.3 Å². The molecule has 8 aromatic carbocycles. The number of nitrogens with two attached hydrogens (primary N) is 2. The number of aliphatic imine (C=N–C) groups is 1. The number of rotatable bonds is 9. The number of hydrogen-bond acceptors (Lipinski definition) is 4. The van der Waals surface area contributed by atoms with Crippen molar-refractivity contribution in [3.05, 3.63) is 210 Å². The van der Waals surface area contributed by atoms with Gasteiger partial charge in [-0.15, -0.1) is 0 Å². The number of pyridine rings is 1. The first-order chi connectivity index (χ1) is 28.6. The van der Waals surface area contributed by atoms with Crippen LogP contribution in [0.5, 0.6) is 0 Å². The summed E-state index contributed by atoms with van der Waals surface area (Å²) in [5.41, 5.74) is 31.0. The summed E-state index contributed by atoms with van der Waals surface area (Å²) in [6.07, 6.45) is 5.78. The lowest BCUT2D eigenvalue weighted by molar-refractivity contribution is 1.28. The number of para-hydroxylation sites is 2. The van der Waals surface area contributed by atoms with Crippen LogP contribution in [-0.2, 0) is 12.8 Å². The fourth-order valence-electron chi connectivity index (χ4n) is 8.34. The molecule has 0 amide bonds. The van der Waals surface area contributed by atoms with Crippen molar-refractivity contribution in [3.8, 4) is 44.6 Å². The Morgan fingerprint density at radius 3 is 2.07 bits per heavy atom. The van der Waals surface area contributed by atoms with Crippen molar-refractivity contribution in [2.24, 2.45) is 4.99 Å². The summed E-state index contributed by atoms with van der Waals surface area (Å²) in [5, 5.41) is 3.65. The molecule has 0 radical (unpaired) electrons. The molecule has 0 fully saturated rings. The second-order valence-electron chi connectivity index (χ2n) is 14.9. The molecule has 0 saturated carbocycles. The number of aromatic nitrogens is 1. The van der Waals surface area contributed by atoms with Gasteiger partial charge >= 0.3 is 0 Å². The number of benzene rings is 8. The van der Waals surface area contributed by atoms with E-state index in [-0.39, 0.29) is 0 Å². The number of nitrogen functional groups attached to an aromatic ring is 2. The van der Waals surface area contributed by atoms with E-state index in [1.165, 1.54) is 55.3 Å².